The van der Waals surface area contributed by atoms with E-state index in [0.29, 0.717) is 43.0 Å². The van der Waals surface area contributed by atoms with Gasteiger partial charge in [-0.05, 0) is 19.8 Å². The number of rotatable bonds is 4. The number of hydrogen-bond donors (Lipinski definition) is 2. The number of amides is 2. The molecule has 2 N–H and O–H groups in total. The lowest BCUT2D eigenvalue weighted by atomic mass is 10.0. The minimum absolute atomic E-state index is 0.109. The van der Waals surface area contributed by atoms with Crippen molar-refractivity contribution in [2.75, 3.05) is 6.54 Å². The van der Waals surface area contributed by atoms with Crippen LogP contribution in [0.25, 0.3) is 0 Å². The monoisotopic (exact) mass is 306 g/mol. The lowest BCUT2D eigenvalue weighted by Crippen LogP contribution is -2.50. The summed E-state index contributed by atoms with van der Waals surface area (Å²) in [7, 11) is 0. The molecular weight excluding hydrogens is 284 g/mol. The summed E-state index contributed by atoms with van der Waals surface area (Å²) in [5.74, 6) is 0.224. The van der Waals surface area contributed by atoms with Crippen LogP contribution in [0.3, 0.4) is 0 Å². The van der Waals surface area contributed by atoms with E-state index in [1.54, 1.807) is 11.8 Å². The van der Waals surface area contributed by atoms with Gasteiger partial charge >= 0.3 is 0 Å². The topological polar surface area (TPSA) is 95.2 Å². The minimum Gasteiger partial charge on any atom is -0.345 e. The normalized spacial score (nSPS) is 15.1. The van der Waals surface area contributed by atoms with Crippen LogP contribution >= 0.6 is 0 Å². The number of aryl methyl sites for hydroxylation is 1. The molecule has 0 bridgehead atoms. The number of nitrogens with zero attached hydrogens (tertiary/aromatic N) is 2. The Labute approximate surface area is 129 Å². The third-order valence-electron chi connectivity index (χ3n) is 3.76. The predicted molar refractivity (Wildman–Crippen MR) is 81.2 cm³/mol. The van der Waals surface area contributed by atoms with E-state index in [4.69, 9.17) is 0 Å². The van der Waals surface area contributed by atoms with Crippen LogP contribution in [0.5, 0.6) is 0 Å². The van der Waals surface area contributed by atoms with Gasteiger partial charge in [0.25, 0.3) is 5.56 Å². The molecule has 22 heavy (non-hydrogen) atoms. The lowest BCUT2D eigenvalue weighted by molar-refractivity contribution is -0.137. The first-order chi connectivity index (χ1) is 10.4. The zero-order valence-electron chi connectivity index (χ0n) is 13.2. The van der Waals surface area contributed by atoms with Crippen molar-refractivity contribution < 1.29 is 9.59 Å². The fourth-order valence-electron chi connectivity index (χ4n) is 2.76. The molecule has 1 aromatic heterocycles. The Hall–Kier alpha value is -2.18. The standard InChI is InChI=1S/C15H22N4O3/c1-4-5-12(18-10(3)20)15(22)19-7-6-11-13(8-19)16-9(2)17-14(11)21/h12H,4-8H2,1-3H3,(H,18,20)(H,16,17,21)/t12-/m0/s1. The van der Waals surface area contributed by atoms with Gasteiger partial charge in [-0.3, -0.25) is 14.4 Å². The molecule has 2 amide bonds. The first-order valence-corrected chi connectivity index (χ1v) is 7.57. The number of hydrogen-bond acceptors (Lipinski definition) is 4. The second-order valence-electron chi connectivity index (χ2n) is 5.63. The van der Waals surface area contributed by atoms with Crippen molar-refractivity contribution in [2.24, 2.45) is 0 Å². The highest BCUT2D eigenvalue weighted by Crippen LogP contribution is 2.15. The smallest absolute Gasteiger partial charge is 0.254 e. The summed E-state index contributed by atoms with van der Waals surface area (Å²) in [6.45, 7) is 5.89. The van der Waals surface area contributed by atoms with Crippen molar-refractivity contribution >= 4 is 11.8 Å². The summed E-state index contributed by atoms with van der Waals surface area (Å²) in [4.78, 5) is 44.4. The number of nitrogens with one attached hydrogen (secondary N) is 2. The molecule has 1 aliphatic heterocycles. The average molecular weight is 306 g/mol. The van der Waals surface area contributed by atoms with Crippen molar-refractivity contribution in [3.05, 3.63) is 27.4 Å². The molecule has 1 aliphatic rings. The molecule has 120 valence electrons. The van der Waals surface area contributed by atoms with Crippen LogP contribution in [0.15, 0.2) is 4.79 Å². The zero-order chi connectivity index (χ0) is 16.3. The van der Waals surface area contributed by atoms with E-state index >= 15 is 0 Å². The van der Waals surface area contributed by atoms with Crippen LogP contribution in [0.1, 0.15) is 43.8 Å². The minimum atomic E-state index is -0.507. The Bertz CT molecular complexity index is 638. The summed E-state index contributed by atoms with van der Waals surface area (Å²) < 4.78 is 0. The van der Waals surface area contributed by atoms with Crippen molar-refractivity contribution in [2.45, 2.75) is 52.6 Å². The van der Waals surface area contributed by atoms with Gasteiger partial charge in [-0.15, -0.1) is 0 Å². The van der Waals surface area contributed by atoms with E-state index in [1.807, 2.05) is 6.92 Å². The van der Waals surface area contributed by atoms with Gasteiger partial charge in [0.1, 0.15) is 11.9 Å². The predicted octanol–water partition coefficient (Wildman–Crippen LogP) is 0.268. The maximum absolute atomic E-state index is 12.6. The van der Waals surface area contributed by atoms with Gasteiger partial charge in [0.05, 0.1) is 12.2 Å². The SMILES string of the molecule is CCC[C@H](NC(C)=O)C(=O)N1CCc2c(nc(C)[nH]c2=O)C1. The first kappa shape index (κ1) is 16.2. The molecule has 0 saturated heterocycles. The molecule has 0 fully saturated rings. The highest BCUT2D eigenvalue weighted by atomic mass is 16.2. The Morgan fingerprint density at radius 1 is 1.45 bits per heavy atom. The molecule has 0 unspecified atom stereocenters. The first-order valence-electron chi connectivity index (χ1n) is 7.57. The molecule has 1 aromatic rings. The number of aromatic amines is 1. The lowest BCUT2D eigenvalue weighted by Gasteiger charge is -2.31. The van der Waals surface area contributed by atoms with Crippen molar-refractivity contribution in [1.29, 1.82) is 0 Å². The van der Waals surface area contributed by atoms with Crippen molar-refractivity contribution in [1.82, 2.24) is 20.2 Å². The fourth-order valence-corrected chi connectivity index (χ4v) is 2.76. The van der Waals surface area contributed by atoms with E-state index in [-0.39, 0.29) is 17.4 Å². The number of aromatic nitrogens is 2. The van der Waals surface area contributed by atoms with Gasteiger partial charge < -0.3 is 15.2 Å². The summed E-state index contributed by atoms with van der Waals surface area (Å²) >= 11 is 0. The molecule has 0 aliphatic carbocycles. The van der Waals surface area contributed by atoms with Crippen LogP contribution in [0.2, 0.25) is 0 Å². The molecule has 0 saturated carbocycles. The Morgan fingerprint density at radius 2 is 2.18 bits per heavy atom. The van der Waals surface area contributed by atoms with Crippen LogP contribution in [-0.4, -0.2) is 39.3 Å². The average Bonchev–Trinajstić information content (AvgIpc) is 2.44. The second-order valence-corrected chi connectivity index (χ2v) is 5.63. The van der Waals surface area contributed by atoms with E-state index in [1.165, 1.54) is 6.92 Å². The van der Waals surface area contributed by atoms with Crippen LogP contribution in [-0.2, 0) is 22.6 Å². The second kappa shape index (κ2) is 6.72. The van der Waals surface area contributed by atoms with Crippen LogP contribution in [0.4, 0.5) is 0 Å². The van der Waals surface area contributed by atoms with Gasteiger partial charge in [0.2, 0.25) is 11.8 Å². The number of carbonyl (C=O) groups excluding carboxylic acids is 2. The van der Waals surface area contributed by atoms with Crippen molar-refractivity contribution in [3.8, 4) is 0 Å². The Balaban J connectivity index is 2.18. The van der Waals surface area contributed by atoms with Gasteiger partial charge in [-0.1, -0.05) is 13.3 Å². The maximum Gasteiger partial charge on any atom is 0.254 e. The van der Waals surface area contributed by atoms with E-state index in [2.05, 4.69) is 15.3 Å². The van der Waals surface area contributed by atoms with Crippen molar-refractivity contribution in [3.63, 3.8) is 0 Å². The Morgan fingerprint density at radius 3 is 2.82 bits per heavy atom. The summed E-state index contributed by atoms with van der Waals surface area (Å²) in [6.07, 6.45) is 1.89. The summed E-state index contributed by atoms with van der Waals surface area (Å²) in [5, 5.41) is 2.71. The van der Waals surface area contributed by atoms with Crippen LogP contribution in [0, 0.1) is 6.92 Å². The van der Waals surface area contributed by atoms with E-state index in [0.717, 1.165) is 6.42 Å². The highest BCUT2D eigenvalue weighted by Gasteiger charge is 2.29. The molecule has 2 rings (SSSR count). The third-order valence-corrected chi connectivity index (χ3v) is 3.76. The van der Waals surface area contributed by atoms with Crippen LogP contribution < -0.4 is 10.9 Å². The van der Waals surface area contributed by atoms with Gasteiger partial charge in [0, 0.05) is 19.0 Å². The fraction of sp³-hybridized carbons (Fsp3) is 0.600. The van der Waals surface area contributed by atoms with Gasteiger partial charge in [0.15, 0.2) is 0 Å². The molecule has 2 heterocycles. The molecule has 0 radical (unpaired) electrons. The quantitative estimate of drug-likeness (QED) is 0.834. The molecule has 1 atom stereocenters. The maximum atomic E-state index is 12.6. The van der Waals surface area contributed by atoms with Gasteiger partial charge in [-0.2, -0.15) is 0 Å². The number of H-pyrrole nitrogens is 1. The molecule has 0 aromatic carbocycles. The summed E-state index contributed by atoms with van der Waals surface area (Å²) in [6, 6.07) is -0.507. The van der Waals surface area contributed by atoms with E-state index in [9.17, 15) is 14.4 Å². The Kier molecular flexibility index (Phi) is 4.95. The van der Waals surface area contributed by atoms with E-state index < -0.39 is 6.04 Å². The largest absolute Gasteiger partial charge is 0.345 e. The number of fused-ring (bicyclic) bond motifs is 1. The summed E-state index contributed by atoms with van der Waals surface area (Å²) in [5.41, 5.74) is 1.18. The molecule has 7 nitrogen and oxygen atoms in total. The number of carbonyl (C=O) groups is 2. The van der Waals surface area contributed by atoms with Gasteiger partial charge in [-0.25, -0.2) is 4.98 Å². The highest BCUT2D eigenvalue weighted by molar-refractivity contribution is 5.87. The molecular formula is C15H22N4O3. The zero-order valence-corrected chi connectivity index (χ0v) is 13.2. The molecule has 7 heteroatoms. The molecule has 0 spiro atoms. The third kappa shape index (κ3) is 3.52.